The number of anilines is 1. The number of aliphatic hydroxyl groups is 3. The molecule has 9 nitrogen and oxygen atoms in total. The van der Waals surface area contributed by atoms with Gasteiger partial charge in [0.1, 0.15) is 24.0 Å². The van der Waals surface area contributed by atoms with E-state index in [0.29, 0.717) is 23.8 Å². The monoisotopic (exact) mass is 422 g/mol. The summed E-state index contributed by atoms with van der Waals surface area (Å²) in [5, 5.41) is 33.5. The number of nitrogens with zero attached hydrogens (tertiary/aromatic N) is 3. The molecule has 1 aromatic carbocycles. The molecule has 0 spiro atoms. The molecule has 9 heteroatoms. The number of hydrogen-bond acceptors (Lipinski definition) is 8. The summed E-state index contributed by atoms with van der Waals surface area (Å²) in [5.74, 6) is 1.18. The van der Waals surface area contributed by atoms with Crippen molar-refractivity contribution in [2.45, 2.75) is 31.1 Å². The van der Waals surface area contributed by atoms with Crippen LogP contribution in [0.5, 0.6) is 0 Å². The number of benzene rings is 1. The third kappa shape index (κ3) is 3.57. The van der Waals surface area contributed by atoms with Crippen LogP contribution < -0.4 is 5.32 Å². The molecule has 0 aliphatic carbocycles. The molecular weight excluding hydrogens is 400 g/mol. The van der Waals surface area contributed by atoms with E-state index < -0.39 is 31.1 Å². The molecule has 5 rings (SSSR count). The second-order valence-corrected chi connectivity index (χ2v) is 7.41. The first kappa shape index (κ1) is 19.7. The van der Waals surface area contributed by atoms with E-state index in [-0.39, 0.29) is 0 Å². The van der Waals surface area contributed by atoms with Crippen molar-refractivity contribution in [1.82, 2.24) is 14.5 Å². The van der Waals surface area contributed by atoms with Crippen LogP contribution >= 0.6 is 0 Å². The smallest absolute Gasteiger partial charge is 0.206 e. The fourth-order valence-electron chi connectivity index (χ4n) is 3.80. The normalized spacial score (nSPS) is 23.5. The van der Waals surface area contributed by atoms with Gasteiger partial charge in [0.25, 0.3) is 0 Å². The topological polar surface area (TPSA) is 126 Å². The second-order valence-electron chi connectivity index (χ2n) is 7.41. The van der Waals surface area contributed by atoms with E-state index in [2.05, 4.69) is 15.3 Å². The number of rotatable bonds is 6. The first-order chi connectivity index (χ1) is 15.2. The number of ether oxygens (including phenoxy) is 1. The first-order valence-corrected chi connectivity index (χ1v) is 9.98. The Balaban J connectivity index is 1.42. The summed E-state index contributed by atoms with van der Waals surface area (Å²) in [6, 6.07) is 14.9. The lowest BCUT2D eigenvalue weighted by Gasteiger charge is -2.20. The lowest BCUT2D eigenvalue weighted by molar-refractivity contribution is -0.0499. The van der Waals surface area contributed by atoms with Gasteiger partial charge >= 0.3 is 0 Å². The van der Waals surface area contributed by atoms with Gasteiger partial charge < -0.3 is 29.8 Å². The Morgan fingerprint density at radius 1 is 1.03 bits per heavy atom. The maximum Gasteiger partial charge on any atom is 0.206 e. The van der Waals surface area contributed by atoms with Gasteiger partial charge in [-0.3, -0.25) is 9.55 Å². The Morgan fingerprint density at radius 2 is 1.90 bits per heavy atom. The minimum Gasteiger partial charge on any atom is -0.463 e. The average Bonchev–Trinajstić information content (AvgIpc) is 3.52. The molecule has 0 radical (unpaired) electrons. The molecule has 4 heterocycles. The predicted octanol–water partition coefficient (Wildman–Crippen LogP) is 1.91. The number of imidazole rings is 1. The highest BCUT2D eigenvalue weighted by molar-refractivity contribution is 5.78. The first-order valence-electron chi connectivity index (χ1n) is 9.98. The van der Waals surface area contributed by atoms with Gasteiger partial charge in [0.15, 0.2) is 12.0 Å². The lowest BCUT2D eigenvalue weighted by Crippen LogP contribution is -2.33. The number of pyridine rings is 1. The summed E-state index contributed by atoms with van der Waals surface area (Å²) >= 11 is 0. The van der Waals surface area contributed by atoms with Gasteiger partial charge in [-0.2, -0.15) is 0 Å². The second kappa shape index (κ2) is 8.12. The molecule has 4 atom stereocenters. The van der Waals surface area contributed by atoms with Crippen molar-refractivity contribution in [1.29, 1.82) is 0 Å². The number of hydrogen-bond donors (Lipinski definition) is 4. The number of nitrogens with one attached hydrogen (secondary N) is 1. The van der Waals surface area contributed by atoms with Crippen LogP contribution in [0.4, 0.5) is 5.95 Å². The molecule has 31 heavy (non-hydrogen) atoms. The highest BCUT2D eigenvalue weighted by Gasteiger charge is 2.44. The molecule has 0 amide bonds. The highest BCUT2D eigenvalue weighted by atomic mass is 16.6. The van der Waals surface area contributed by atoms with E-state index in [1.54, 1.807) is 17.0 Å². The summed E-state index contributed by atoms with van der Waals surface area (Å²) in [6.45, 7) is 0.0430. The summed E-state index contributed by atoms with van der Waals surface area (Å²) < 4.78 is 12.8. The molecule has 1 aliphatic heterocycles. The Bertz CT molecular complexity index is 1160. The minimum atomic E-state index is -1.20. The van der Waals surface area contributed by atoms with E-state index in [4.69, 9.17) is 9.15 Å². The molecule has 1 fully saturated rings. The van der Waals surface area contributed by atoms with E-state index >= 15 is 0 Å². The lowest BCUT2D eigenvalue weighted by atomic mass is 10.1. The van der Waals surface area contributed by atoms with Gasteiger partial charge in [0, 0.05) is 12.7 Å². The van der Waals surface area contributed by atoms with Crippen molar-refractivity contribution in [2.75, 3.05) is 11.9 Å². The number of fused-ring (bicyclic) bond motifs is 1. The third-order valence-corrected chi connectivity index (χ3v) is 5.42. The fourth-order valence-corrected chi connectivity index (χ4v) is 3.80. The van der Waals surface area contributed by atoms with E-state index in [0.717, 1.165) is 16.8 Å². The number of furan rings is 1. The zero-order valence-corrected chi connectivity index (χ0v) is 16.5. The zero-order chi connectivity index (χ0) is 21.4. The van der Waals surface area contributed by atoms with Crippen LogP contribution in [0.25, 0.3) is 22.5 Å². The number of aliphatic hydroxyl groups excluding tert-OH is 3. The van der Waals surface area contributed by atoms with Gasteiger partial charge in [-0.25, -0.2) is 4.98 Å². The average molecular weight is 422 g/mol. The molecule has 4 aromatic rings. The van der Waals surface area contributed by atoms with Gasteiger partial charge in [-0.15, -0.1) is 0 Å². The summed E-state index contributed by atoms with van der Waals surface area (Å²) in [5.41, 5.74) is 3.13. The molecule has 160 valence electrons. The fraction of sp³-hybridized carbons (Fsp3) is 0.273. The van der Waals surface area contributed by atoms with Crippen LogP contribution in [0.3, 0.4) is 0 Å². The largest absolute Gasteiger partial charge is 0.463 e. The standard InChI is InChI=1S/C22H22N4O5/c27-12-18-19(28)20(29)21(31-18)26-16-5-2-1-4-14(16)25-22(26)24-11-13-7-8-15(23-10-13)17-6-3-9-30-17/h1-10,18-21,27-29H,11-12H2,(H,24,25)/t18-,19-,20-,21-/m1/s1. The zero-order valence-electron chi connectivity index (χ0n) is 16.5. The van der Waals surface area contributed by atoms with Crippen LogP contribution in [-0.4, -0.2) is 54.8 Å². The minimum absolute atomic E-state index is 0.391. The van der Waals surface area contributed by atoms with Crippen molar-refractivity contribution in [2.24, 2.45) is 0 Å². The highest BCUT2D eigenvalue weighted by Crippen LogP contribution is 2.35. The molecule has 3 aromatic heterocycles. The van der Waals surface area contributed by atoms with Crippen molar-refractivity contribution >= 4 is 17.0 Å². The van der Waals surface area contributed by atoms with Crippen molar-refractivity contribution in [3.05, 3.63) is 66.6 Å². The molecule has 0 bridgehead atoms. The van der Waals surface area contributed by atoms with Crippen LogP contribution in [0.15, 0.2) is 65.4 Å². The molecular formula is C22H22N4O5. The van der Waals surface area contributed by atoms with E-state index in [1.807, 2.05) is 48.5 Å². The van der Waals surface area contributed by atoms with Crippen LogP contribution in [0, 0.1) is 0 Å². The van der Waals surface area contributed by atoms with Crippen LogP contribution in [0.2, 0.25) is 0 Å². The van der Waals surface area contributed by atoms with E-state index in [1.165, 1.54) is 0 Å². The van der Waals surface area contributed by atoms with Gasteiger partial charge in [-0.1, -0.05) is 18.2 Å². The van der Waals surface area contributed by atoms with Gasteiger partial charge in [0.2, 0.25) is 5.95 Å². The quantitative estimate of drug-likeness (QED) is 0.371. The predicted molar refractivity (Wildman–Crippen MR) is 112 cm³/mol. The third-order valence-electron chi connectivity index (χ3n) is 5.42. The molecule has 0 unspecified atom stereocenters. The maximum absolute atomic E-state index is 10.5. The van der Waals surface area contributed by atoms with Crippen LogP contribution in [-0.2, 0) is 11.3 Å². The molecule has 0 saturated carbocycles. The molecule has 1 aliphatic rings. The van der Waals surface area contributed by atoms with Crippen molar-refractivity contribution < 1.29 is 24.5 Å². The Labute approximate surface area is 177 Å². The maximum atomic E-state index is 10.5. The van der Waals surface area contributed by atoms with Crippen LogP contribution in [0.1, 0.15) is 11.8 Å². The van der Waals surface area contributed by atoms with Gasteiger partial charge in [0.05, 0.1) is 23.9 Å². The molecule has 1 saturated heterocycles. The van der Waals surface area contributed by atoms with E-state index in [9.17, 15) is 15.3 Å². The van der Waals surface area contributed by atoms with Gasteiger partial charge in [-0.05, 0) is 35.9 Å². The number of para-hydroxylation sites is 2. The Morgan fingerprint density at radius 3 is 2.61 bits per heavy atom. The molecule has 4 N–H and O–H groups in total. The Hall–Kier alpha value is -3.24. The SMILES string of the molecule is OC[C@H]1O[C@@H](n2c(NCc3ccc(-c4ccco4)nc3)nc3ccccc32)[C@H](O)[C@@H]1O. The summed E-state index contributed by atoms with van der Waals surface area (Å²) in [7, 11) is 0. The van der Waals surface area contributed by atoms with Crippen molar-refractivity contribution in [3.8, 4) is 11.5 Å². The number of aromatic nitrogens is 3. The Kier molecular flexibility index (Phi) is 5.16. The van der Waals surface area contributed by atoms with Crippen molar-refractivity contribution in [3.63, 3.8) is 0 Å². The summed E-state index contributed by atoms with van der Waals surface area (Å²) in [4.78, 5) is 9.05. The summed E-state index contributed by atoms with van der Waals surface area (Å²) in [6.07, 6.45) is -0.792.